The third kappa shape index (κ3) is 2.42. The van der Waals surface area contributed by atoms with Gasteiger partial charge in [0.15, 0.2) is 11.6 Å². The summed E-state index contributed by atoms with van der Waals surface area (Å²) in [5.41, 5.74) is 0.00996. The SMILES string of the molecule is OCc1c(F)cccc1Oc1ccccc1F. The molecule has 0 unspecified atom stereocenters. The van der Waals surface area contributed by atoms with E-state index in [9.17, 15) is 8.78 Å². The highest BCUT2D eigenvalue weighted by Crippen LogP contribution is 2.28. The minimum Gasteiger partial charge on any atom is -0.454 e. The van der Waals surface area contributed by atoms with Crippen molar-refractivity contribution in [1.82, 2.24) is 0 Å². The van der Waals surface area contributed by atoms with Gasteiger partial charge < -0.3 is 9.84 Å². The Labute approximate surface area is 97.1 Å². The van der Waals surface area contributed by atoms with Gasteiger partial charge >= 0.3 is 0 Å². The van der Waals surface area contributed by atoms with Gasteiger partial charge in [-0.3, -0.25) is 0 Å². The van der Waals surface area contributed by atoms with E-state index in [0.717, 1.165) is 0 Å². The smallest absolute Gasteiger partial charge is 0.165 e. The van der Waals surface area contributed by atoms with Crippen LogP contribution in [0.1, 0.15) is 5.56 Å². The Morgan fingerprint density at radius 2 is 1.53 bits per heavy atom. The van der Waals surface area contributed by atoms with Crippen LogP contribution < -0.4 is 4.74 Å². The van der Waals surface area contributed by atoms with Crippen molar-refractivity contribution < 1.29 is 18.6 Å². The summed E-state index contributed by atoms with van der Waals surface area (Å²) in [5.74, 6) is -1.02. The highest BCUT2D eigenvalue weighted by molar-refractivity contribution is 5.38. The van der Waals surface area contributed by atoms with Crippen molar-refractivity contribution in [2.75, 3.05) is 0 Å². The molecule has 4 heteroatoms. The van der Waals surface area contributed by atoms with E-state index in [1.54, 1.807) is 6.07 Å². The molecule has 0 aliphatic rings. The summed E-state index contributed by atoms with van der Waals surface area (Å²) in [4.78, 5) is 0. The van der Waals surface area contributed by atoms with Crippen molar-refractivity contribution in [2.24, 2.45) is 0 Å². The largest absolute Gasteiger partial charge is 0.454 e. The lowest BCUT2D eigenvalue weighted by Gasteiger charge is -2.10. The Bertz CT molecular complexity index is 527. The van der Waals surface area contributed by atoms with Crippen LogP contribution >= 0.6 is 0 Å². The zero-order valence-corrected chi connectivity index (χ0v) is 8.86. The molecular formula is C13H10F2O2. The minimum atomic E-state index is -0.582. The van der Waals surface area contributed by atoms with Crippen molar-refractivity contribution in [3.8, 4) is 11.5 Å². The molecule has 0 atom stereocenters. The molecule has 1 N–H and O–H groups in total. The van der Waals surface area contributed by atoms with Gasteiger partial charge in [-0.1, -0.05) is 18.2 Å². The molecule has 0 saturated carbocycles. The van der Waals surface area contributed by atoms with E-state index >= 15 is 0 Å². The summed E-state index contributed by atoms with van der Waals surface area (Å²) in [6.07, 6.45) is 0. The van der Waals surface area contributed by atoms with E-state index < -0.39 is 18.2 Å². The van der Waals surface area contributed by atoms with E-state index in [-0.39, 0.29) is 17.1 Å². The van der Waals surface area contributed by atoms with Crippen LogP contribution in [0.25, 0.3) is 0 Å². The Morgan fingerprint density at radius 1 is 0.882 bits per heavy atom. The van der Waals surface area contributed by atoms with Gasteiger partial charge in [-0.15, -0.1) is 0 Å². The van der Waals surface area contributed by atoms with E-state index in [0.29, 0.717) is 0 Å². The molecule has 2 nitrogen and oxygen atoms in total. The number of hydrogen-bond acceptors (Lipinski definition) is 2. The number of hydrogen-bond donors (Lipinski definition) is 1. The monoisotopic (exact) mass is 236 g/mol. The average molecular weight is 236 g/mol. The summed E-state index contributed by atoms with van der Waals surface area (Å²) >= 11 is 0. The highest BCUT2D eigenvalue weighted by atomic mass is 19.1. The van der Waals surface area contributed by atoms with Gasteiger partial charge in [0.25, 0.3) is 0 Å². The number of aliphatic hydroxyl groups is 1. The number of benzene rings is 2. The molecule has 0 fully saturated rings. The maximum Gasteiger partial charge on any atom is 0.165 e. The third-order valence-corrected chi connectivity index (χ3v) is 2.29. The second kappa shape index (κ2) is 4.93. The van der Waals surface area contributed by atoms with Crippen molar-refractivity contribution >= 4 is 0 Å². The zero-order valence-electron chi connectivity index (χ0n) is 8.86. The number of para-hydroxylation sites is 1. The summed E-state index contributed by atoms with van der Waals surface area (Å²) < 4.78 is 31.9. The lowest BCUT2D eigenvalue weighted by atomic mass is 10.2. The molecule has 17 heavy (non-hydrogen) atoms. The van der Waals surface area contributed by atoms with Crippen LogP contribution in [0.15, 0.2) is 42.5 Å². The number of ether oxygens (including phenoxy) is 1. The fourth-order valence-corrected chi connectivity index (χ4v) is 1.43. The molecule has 0 saturated heterocycles. The Kier molecular flexibility index (Phi) is 3.35. The Balaban J connectivity index is 2.37. The first-order valence-corrected chi connectivity index (χ1v) is 5.03. The van der Waals surface area contributed by atoms with Gasteiger partial charge in [-0.05, 0) is 24.3 Å². The van der Waals surface area contributed by atoms with Crippen LogP contribution in [-0.4, -0.2) is 5.11 Å². The fraction of sp³-hybridized carbons (Fsp3) is 0.0769. The van der Waals surface area contributed by atoms with E-state index in [2.05, 4.69) is 0 Å². The predicted octanol–water partition coefficient (Wildman–Crippen LogP) is 3.25. The van der Waals surface area contributed by atoms with Crippen LogP contribution in [0.4, 0.5) is 8.78 Å². The van der Waals surface area contributed by atoms with Gasteiger partial charge in [-0.25, -0.2) is 8.78 Å². The lowest BCUT2D eigenvalue weighted by Crippen LogP contribution is -1.96. The van der Waals surface area contributed by atoms with Crippen molar-refractivity contribution in [3.63, 3.8) is 0 Å². The molecular weight excluding hydrogens is 226 g/mol. The third-order valence-electron chi connectivity index (χ3n) is 2.29. The van der Waals surface area contributed by atoms with Crippen molar-refractivity contribution in [1.29, 1.82) is 0 Å². The van der Waals surface area contributed by atoms with Gasteiger partial charge in [0.05, 0.1) is 12.2 Å². The van der Waals surface area contributed by atoms with Crippen molar-refractivity contribution in [2.45, 2.75) is 6.61 Å². The summed E-state index contributed by atoms with van der Waals surface area (Å²) in [5, 5.41) is 9.03. The van der Waals surface area contributed by atoms with Crippen LogP contribution in [-0.2, 0) is 6.61 Å². The molecule has 2 rings (SSSR count). The maximum atomic E-state index is 13.3. The summed E-state index contributed by atoms with van der Waals surface area (Å²) in [6, 6.07) is 9.93. The molecule has 0 amide bonds. The molecule has 0 bridgehead atoms. The maximum absolute atomic E-state index is 13.3. The van der Waals surface area contributed by atoms with Crippen molar-refractivity contribution in [3.05, 3.63) is 59.7 Å². The molecule has 0 aliphatic carbocycles. The predicted molar refractivity (Wildman–Crippen MR) is 58.8 cm³/mol. The first-order valence-electron chi connectivity index (χ1n) is 5.03. The standard InChI is InChI=1S/C13H10F2O2/c14-10-5-3-7-12(9(10)8-16)17-13-6-2-1-4-11(13)15/h1-7,16H,8H2. The molecule has 0 aliphatic heterocycles. The first-order chi connectivity index (χ1) is 8.22. The van der Waals surface area contributed by atoms with E-state index in [4.69, 9.17) is 9.84 Å². The van der Waals surface area contributed by atoms with Crippen LogP contribution in [0, 0.1) is 11.6 Å². The second-order valence-corrected chi connectivity index (χ2v) is 3.41. The van der Waals surface area contributed by atoms with Gasteiger partial charge in [0, 0.05) is 0 Å². The first kappa shape index (κ1) is 11.5. The molecule has 88 valence electrons. The summed E-state index contributed by atoms with van der Waals surface area (Å²) in [6.45, 7) is -0.504. The van der Waals surface area contributed by atoms with Crippen LogP contribution in [0.5, 0.6) is 11.5 Å². The highest BCUT2D eigenvalue weighted by Gasteiger charge is 2.11. The quantitative estimate of drug-likeness (QED) is 0.886. The lowest BCUT2D eigenvalue weighted by molar-refractivity contribution is 0.269. The topological polar surface area (TPSA) is 29.5 Å². The van der Waals surface area contributed by atoms with Crippen LogP contribution in [0.2, 0.25) is 0 Å². The van der Waals surface area contributed by atoms with E-state index in [1.807, 2.05) is 0 Å². The number of aliphatic hydroxyl groups excluding tert-OH is 1. The zero-order chi connectivity index (χ0) is 12.3. The number of rotatable bonds is 3. The molecule has 0 spiro atoms. The molecule has 2 aromatic carbocycles. The van der Waals surface area contributed by atoms with Gasteiger partial charge in [0.2, 0.25) is 0 Å². The van der Waals surface area contributed by atoms with Gasteiger partial charge in [-0.2, -0.15) is 0 Å². The second-order valence-electron chi connectivity index (χ2n) is 3.41. The fourth-order valence-electron chi connectivity index (χ4n) is 1.43. The summed E-state index contributed by atoms with van der Waals surface area (Å²) in [7, 11) is 0. The molecule has 0 aromatic heterocycles. The Hall–Kier alpha value is -1.94. The van der Waals surface area contributed by atoms with E-state index in [1.165, 1.54) is 36.4 Å². The minimum absolute atomic E-state index is 0.00667. The van der Waals surface area contributed by atoms with Gasteiger partial charge in [0.1, 0.15) is 11.6 Å². The number of halogens is 2. The molecule has 2 aromatic rings. The van der Waals surface area contributed by atoms with Crippen LogP contribution in [0.3, 0.4) is 0 Å². The molecule has 0 radical (unpaired) electrons. The normalized spacial score (nSPS) is 10.3. The average Bonchev–Trinajstić information content (AvgIpc) is 2.32. The Morgan fingerprint density at radius 3 is 2.24 bits per heavy atom. The molecule has 0 heterocycles.